The van der Waals surface area contributed by atoms with Gasteiger partial charge in [-0.3, -0.25) is 0 Å². The van der Waals surface area contributed by atoms with E-state index >= 15 is 0 Å². The Morgan fingerprint density at radius 3 is 3.04 bits per heavy atom. The van der Waals surface area contributed by atoms with Gasteiger partial charge in [0.05, 0.1) is 28.1 Å². The Bertz CT molecular complexity index is 903. The van der Waals surface area contributed by atoms with Crippen molar-refractivity contribution in [3.8, 4) is 0 Å². The molecular weight excluding hydrogens is 320 g/mol. The van der Waals surface area contributed by atoms with E-state index in [0.29, 0.717) is 6.61 Å². The minimum Gasteiger partial charge on any atom is -0.370 e. The van der Waals surface area contributed by atoms with E-state index in [4.69, 9.17) is 9.72 Å². The first-order valence-corrected chi connectivity index (χ1v) is 9.33. The molecule has 0 spiro atoms. The maximum absolute atomic E-state index is 5.94. The monoisotopic (exact) mass is 342 g/mol. The van der Waals surface area contributed by atoms with Gasteiger partial charge in [0.15, 0.2) is 0 Å². The van der Waals surface area contributed by atoms with Gasteiger partial charge in [0.2, 0.25) is 0 Å². The molecule has 0 aliphatic carbocycles. The molecule has 24 heavy (non-hydrogen) atoms. The topological polar surface area (TPSA) is 59.9 Å². The number of pyridine rings is 1. The molecule has 0 saturated carbocycles. The van der Waals surface area contributed by atoms with Crippen LogP contribution >= 0.6 is 11.3 Å². The highest BCUT2D eigenvalue weighted by Crippen LogP contribution is 2.37. The fourth-order valence-corrected chi connectivity index (χ4v) is 4.19. The normalized spacial score (nSPS) is 16.5. The Morgan fingerprint density at radius 1 is 1.33 bits per heavy atom. The molecular formula is C18H22N4OS. The molecule has 0 radical (unpaired) electrons. The standard InChI is InChI=1S/C18H22N4OS/c1-4-5-6-19-16-15-14(20-10-21-16)12-7-11-9-23-18(2,3)8-13(11)22-17(12)24-15/h7,10H,4-6,8-9H2,1-3H3,(H,19,20,21). The molecule has 5 nitrogen and oxygen atoms in total. The molecule has 4 heterocycles. The third-order valence-electron chi connectivity index (χ3n) is 4.45. The van der Waals surface area contributed by atoms with Crippen LogP contribution in [0.1, 0.15) is 44.9 Å². The zero-order valence-electron chi connectivity index (χ0n) is 14.3. The highest BCUT2D eigenvalue weighted by Gasteiger charge is 2.28. The van der Waals surface area contributed by atoms with E-state index in [0.717, 1.165) is 57.8 Å². The van der Waals surface area contributed by atoms with Gasteiger partial charge < -0.3 is 10.1 Å². The van der Waals surface area contributed by atoms with Crippen molar-refractivity contribution >= 4 is 37.6 Å². The molecule has 3 aromatic rings. The van der Waals surface area contributed by atoms with E-state index in [1.54, 1.807) is 17.7 Å². The van der Waals surface area contributed by atoms with Crippen LogP contribution in [0, 0.1) is 0 Å². The van der Waals surface area contributed by atoms with Gasteiger partial charge in [-0.25, -0.2) is 15.0 Å². The number of ether oxygens (including phenoxy) is 1. The molecule has 1 N–H and O–H groups in total. The molecule has 0 unspecified atom stereocenters. The van der Waals surface area contributed by atoms with Crippen LogP contribution in [0.5, 0.6) is 0 Å². The number of anilines is 1. The van der Waals surface area contributed by atoms with Crippen LogP contribution in [0.25, 0.3) is 20.4 Å². The quantitative estimate of drug-likeness (QED) is 0.716. The van der Waals surface area contributed by atoms with E-state index < -0.39 is 0 Å². The molecule has 3 aromatic heterocycles. The lowest BCUT2D eigenvalue weighted by molar-refractivity contribution is -0.0411. The van der Waals surface area contributed by atoms with Crippen LogP contribution in [0.15, 0.2) is 12.4 Å². The number of aromatic nitrogens is 3. The molecule has 126 valence electrons. The van der Waals surface area contributed by atoms with Crippen LogP contribution in [0.3, 0.4) is 0 Å². The van der Waals surface area contributed by atoms with Gasteiger partial charge in [-0.1, -0.05) is 13.3 Å². The average Bonchev–Trinajstić information content (AvgIpc) is 2.90. The first kappa shape index (κ1) is 15.7. The Balaban J connectivity index is 1.81. The summed E-state index contributed by atoms with van der Waals surface area (Å²) in [4.78, 5) is 14.9. The van der Waals surface area contributed by atoms with Crippen molar-refractivity contribution in [2.75, 3.05) is 11.9 Å². The van der Waals surface area contributed by atoms with E-state index in [1.807, 2.05) is 0 Å². The van der Waals surface area contributed by atoms with E-state index in [9.17, 15) is 0 Å². The number of unbranched alkanes of at least 4 members (excludes halogenated alkanes) is 1. The van der Waals surface area contributed by atoms with Crippen molar-refractivity contribution in [3.63, 3.8) is 0 Å². The highest BCUT2D eigenvalue weighted by atomic mass is 32.1. The van der Waals surface area contributed by atoms with Crippen LogP contribution in [-0.2, 0) is 17.8 Å². The predicted octanol–water partition coefficient (Wildman–Crippen LogP) is 4.30. The average molecular weight is 342 g/mol. The Kier molecular flexibility index (Phi) is 3.89. The summed E-state index contributed by atoms with van der Waals surface area (Å²) in [7, 11) is 0. The Hall–Kier alpha value is -1.79. The first-order valence-electron chi connectivity index (χ1n) is 8.51. The zero-order chi connectivity index (χ0) is 16.7. The SMILES string of the molecule is CCCCNc1ncnc2c1sc1nc3c(cc12)COC(C)(C)C3. The lowest BCUT2D eigenvalue weighted by Crippen LogP contribution is -2.32. The summed E-state index contributed by atoms with van der Waals surface area (Å²) in [6.45, 7) is 7.98. The summed E-state index contributed by atoms with van der Waals surface area (Å²) in [5.41, 5.74) is 3.18. The van der Waals surface area contributed by atoms with Crippen LogP contribution in [-0.4, -0.2) is 27.1 Å². The van der Waals surface area contributed by atoms with Gasteiger partial charge in [0.25, 0.3) is 0 Å². The number of hydrogen-bond donors (Lipinski definition) is 1. The van der Waals surface area contributed by atoms with Crippen molar-refractivity contribution in [1.82, 2.24) is 15.0 Å². The molecule has 0 amide bonds. The summed E-state index contributed by atoms with van der Waals surface area (Å²) in [6.07, 6.45) is 4.79. The summed E-state index contributed by atoms with van der Waals surface area (Å²) >= 11 is 1.68. The van der Waals surface area contributed by atoms with Crippen LogP contribution in [0.4, 0.5) is 5.82 Å². The summed E-state index contributed by atoms with van der Waals surface area (Å²) < 4.78 is 7.03. The summed E-state index contributed by atoms with van der Waals surface area (Å²) in [6, 6.07) is 2.20. The molecule has 6 heteroatoms. The Labute approximate surface area is 145 Å². The number of hydrogen-bond acceptors (Lipinski definition) is 6. The number of nitrogens with one attached hydrogen (secondary N) is 1. The molecule has 0 aromatic carbocycles. The maximum atomic E-state index is 5.94. The van der Waals surface area contributed by atoms with E-state index in [1.165, 1.54) is 5.56 Å². The second-order valence-electron chi connectivity index (χ2n) is 6.95. The fraction of sp³-hybridized carbons (Fsp3) is 0.500. The third-order valence-corrected chi connectivity index (χ3v) is 5.54. The zero-order valence-corrected chi connectivity index (χ0v) is 15.2. The maximum Gasteiger partial charge on any atom is 0.147 e. The minimum absolute atomic E-state index is 0.142. The van der Waals surface area contributed by atoms with Crippen molar-refractivity contribution in [3.05, 3.63) is 23.7 Å². The largest absolute Gasteiger partial charge is 0.370 e. The molecule has 1 aliphatic rings. The lowest BCUT2D eigenvalue weighted by atomic mass is 9.95. The van der Waals surface area contributed by atoms with E-state index in [-0.39, 0.29) is 5.60 Å². The summed E-state index contributed by atoms with van der Waals surface area (Å²) in [5, 5.41) is 4.55. The van der Waals surface area contributed by atoms with Crippen LogP contribution in [0.2, 0.25) is 0 Å². The number of nitrogens with zero attached hydrogens (tertiary/aromatic N) is 3. The number of thiophene rings is 1. The molecule has 0 saturated heterocycles. The number of rotatable bonds is 4. The molecule has 4 rings (SSSR count). The van der Waals surface area contributed by atoms with Gasteiger partial charge in [0.1, 0.15) is 17.0 Å². The van der Waals surface area contributed by atoms with Gasteiger partial charge >= 0.3 is 0 Å². The summed E-state index contributed by atoms with van der Waals surface area (Å²) in [5.74, 6) is 0.922. The highest BCUT2D eigenvalue weighted by molar-refractivity contribution is 7.25. The molecule has 1 aliphatic heterocycles. The van der Waals surface area contributed by atoms with Gasteiger partial charge in [0, 0.05) is 23.9 Å². The fourth-order valence-electron chi connectivity index (χ4n) is 3.10. The first-order chi connectivity index (χ1) is 11.6. The van der Waals surface area contributed by atoms with Gasteiger partial charge in [-0.15, -0.1) is 11.3 Å². The van der Waals surface area contributed by atoms with Crippen molar-refractivity contribution in [2.24, 2.45) is 0 Å². The van der Waals surface area contributed by atoms with Crippen molar-refractivity contribution in [1.29, 1.82) is 0 Å². The number of fused-ring (bicyclic) bond motifs is 4. The Morgan fingerprint density at radius 2 is 2.21 bits per heavy atom. The predicted molar refractivity (Wildman–Crippen MR) is 98.7 cm³/mol. The third kappa shape index (κ3) is 2.74. The van der Waals surface area contributed by atoms with E-state index in [2.05, 4.69) is 42.1 Å². The second-order valence-corrected chi connectivity index (χ2v) is 7.95. The smallest absolute Gasteiger partial charge is 0.147 e. The second kappa shape index (κ2) is 5.93. The lowest BCUT2D eigenvalue weighted by Gasteiger charge is -2.30. The minimum atomic E-state index is -0.142. The van der Waals surface area contributed by atoms with Gasteiger partial charge in [-0.05, 0) is 26.3 Å². The van der Waals surface area contributed by atoms with Crippen molar-refractivity contribution < 1.29 is 4.74 Å². The van der Waals surface area contributed by atoms with Gasteiger partial charge in [-0.2, -0.15) is 0 Å². The molecule has 0 bridgehead atoms. The molecule has 0 atom stereocenters. The van der Waals surface area contributed by atoms with Crippen molar-refractivity contribution in [2.45, 2.75) is 52.2 Å². The van der Waals surface area contributed by atoms with Crippen LogP contribution < -0.4 is 5.32 Å². The molecule has 0 fully saturated rings.